The number of aryl methyl sites for hydroxylation is 1. The lowest BCUT2D eigenvalue weighted by atomic mass is 9.87. The first-order chi connectivity index (χ1) is 11.6. The Hall–Kier alpha value is -1.39. The molecular formula is C20H30N2O2. The van der Waals surface area contributed by atoms with Crippen LogP contribution in [-0.4, -0.2) is 31.8 Å². The maximum Gasteiger partial charge on any atom is 0.225 e. The lowest BCUT2D eigenvalue weighted by molar-refractivity contribution is -0.120. The topological polar surface area (TPSA) is 41.6 Å². The van der Waals surface area contributed by atoms with Crippen LogP contribution in [0.4, 0.5) is 5.69 Å². The van der Waals surface area contributed by atoms with Crippen molar-refractivity contribution in [3.8, 4) is 0 Å². The second kappa shape index (κ2) is 7.66. The third-order valence-electron chi connectivity index (χ3n) is 5.08. The smallest absolute Gasteiger partial charge is 0.225 e. The molecule has 3 rings (SSSR count). The lowest BCUT2D eigenvalue weighted by Crippen LogP contribution is -2.44. The van der Waals surface area contributed by atoms with Gasteiger partial charge in [-0.05, 0) is 67.8 Å². The van der Waals surface area contributed by atoms with Crippen molar-refractivity contribution in [2.45, 2.75) is 58.6 Å². The minimum Gasteiger partial charge on any atom is -0.358 e. The summed E-state index contributed by atoms with van der Waals surface area (Å²) in [7, 11) is 0. The second-order valence-corrected chi connectivity index (χ2v) is 7.52. The Kier molecular flexibility index (Phi) is 5.57. The summed E-state index contributed by atoms with van der Waals surface area (Å²) in [5.41, 5.74) is 3.77. The normalized spacial score (nSPS) is 21.8. The SMILES string of the molecule is CC(=O)N1c2ccc(C3CCNCC3)cc2CC[C@@H]1OCC(C)C. The van der Waals surface area contributed by atoms with Crippen LogP contribution in [0.1, 0.15) is 57.1 Å². The molecule has 0 bridgehead atoms. The molecular weight excluding hydrogens is 300 g/mol. The van der Waals surface area contributed by atoms with Crippen molar-refractivity contribution >= 4 is 11.6 Å². The first-order valence-electron chi connectivity index (χ1n) is 9.31. The molecule has 132 valence electrons. The highest BCUT2D eigenvalue weighted by Gasteiger charge is 2.30. The highest BCUT2D eigenvalue weighted by molar-refractivity contribution is 5.93. The first kappa shape index (κ1) is 17.4. The van der Waals surface area contributed by atoms with Crippen LogP contribution in [0.15, 0.2) is 18.2 Å². The van der Waals surface area contributed by atoms with Crippen LogP contribution < -0.4 is 10.2 Å². The van der Waals surface area contributed by atoms with E-state index in [2.05, 4.69) is 37.4 Å². The molecule has 24 heavy (non-hydrogen) atoms. The number of benzene rings is 1. The van der Waals surface area contributed by atoms with E-state index in [0.29, 0.717) is 18.4 Å². The number of anilines is 1. The third kappa shape index (κ3) is 3.81. The van der Waals surface area contributed by atoms with Gasteiger partial charge in [-0.15, -0.1) is 0 Å². The first-order valence-corrected chi connectivity index (χ1v) is 9.31. The fourth-order valence-electron chi connectivity index (χ4n) is 3.85. The highest BCUT2D eigenvalue weighted by Crippen LogP contribution is 2.35. The van der Waals surface area contributed by atoms with E-state index in [4.69, 9.17) is 4.74 Å². The van der Waals surface area contributed by atoms with Gasteiger partial charge in [0.1, 0.15) is 6.23 Å². The molecule has 1 aromatic rings. The van der Waals surface area contributed by atoms with Crippen molar-refractivity contribution in [1.82, 2.24) is 5.32 Å². The van der Waals surface area contributed by atoms with Crippen molar-refractivity contribution in [3.05, 3.63) is 29.3 Å². The number of ether oxygens (including phenoxy) is 1. The molecule has 4 heteroatoms. The molecule has 2 aliphatic rings. The fraction of sp³-hybridized carbons (Fsp3) is 0.650. The van der Waals surface area contributed by atoms with Crippen LogP contribution in [0, 0.1) is 5.92 Å². The van der Waals surface area contributed by atoms with Crippen molar-refractivity contribution < 1.29 is 9.53 Å². The van der Waals surface area contributed by atoms with Gasteiger partial charge in [-0.3, -0.25) is 9.69 Å². The van der Waals surface area contributed by atoms with E-state index in [-0.39, 0.29) is 12.1 Å². The number of hydrogen-bond acceptors (Lipinski definition) is 3. The minimum atomic E-state index is -0.123. The summed E-state index contributed by atoms with van der Waals surface area (Å²) >= 11 is 0. The summed E-state index contributed by atoms with van der Waals surface area (Å²) in [6.07, 6.45) is 4.16. The summed E-state index contributed by atoms with van der Waals surface area (Å²) in [4.78, 5) is 14.1. The van der Waals surface area contributed by atoms with E-state index in [0.717, 1.165) is 31.6 Å². The molecule has 0 unspecified atom stereocenters. The zero-order chi connectivity index (χ0) is 17.1. The molecule has 2 aliphatic heterocycles. The number of carbonyl (C=O) groups excluding carboxylic acids is 1. The largest absolute Gasteiger partial charge is 0.358 e. The molecule has 0 aliphatic carbocycles. The standard InChI is InChI=1S/C20H30N2O2/c1-14(2)13-24-20-7-5-18-12-17(16-8-10-21-11-9-16)4-6-19(18)22(20)15(3)23/h4,6,12,14,16,20-21H,5,7-11,13H2,1-3H3/t20-/m0/s1. The fourth-order valence-corrected chi connectivity index (χ4v) is 3.85. The predicted octanol–water partition coefficient (Wildman–Crippen LogP) is 3.45. The van der Waals surface area contributed by atoms with Gasteiger partial charge in [0.15, 0.2) is 0 Å². The third-order valence-corrected chi connectivity index (χ3v) is 5.08. The van der Waals surface area contributed by atoms with E-state index in [1.165, 1.54) is 24.0 Å². The molecule has 1 N–H and O–H groups in total. The molecule has 0 saturated carbocycles. The van der Waals surface area contributed by atoms with Gasteiger partial charge in [-0.2, -0.15) is 0 Å². The maximum absolute atomic E-state index is 12.2. The zero-order valence-electron chi connectivity index (χ0n) is 15.2. The van der Waals surface area contributed by atoms with E-state index < -0.39 is 0 Å². The molecule has 0 aromatic heterocycles. The van der Waals surface area contributed by atoms with Gasteiger partial charge in [-0.25, -0.2) is 0 Å². The van der Waals surface area contributed by atoms with Crippen LogP contribution in [0.25, 0.3) is 0 Å². The Balaban J connectivity index is 1.81. The Morgan fingerprint density at radius 3 is 2.71 bits per heavy atom. The number of hydrogen-bond donors (Lipinski definition) is 1. The second-order valence-electron chi connectivity index (χ2n) is 7.52. The molecule has 2 heterocycles. The molecule has 1 fully saturated rings. The molecule has 1 aromatic carbocycles. The van der Waals surface area contributed by atoms with E-state index >= 15 is 0 Å². The maximum atomic E-state index is 12.2. The number of fused-ring (bicyclic) bond motifs is 1. The molecule has 0 spiro atoms. The number of nitrogens with one attached hydrogen (secondary N) is 1. The van der Waals surface area contributed by atoms with E-state index in [1.807, 2.05) is 4.90 Å². The van der Waals surface area contributed by atoms with Gasteiger partial charge in [-0.1, -0.05) is 26.0 Å². The zero-order valence-corrected chi connectivity index (χ0v) is 15.2. The van der Waals surface area contributed by atoms with E-state index in [1.54, 1.807) is 6.92 Å². The van der Waals surface area contributed by atoms with Crippen LogP contribution in [0.5, 0.6) is 0 Å². The van der Waals surface area contributed by atoms with Gasteiger partial charge in [0.2, 0.25) is 5.91 Å². The summed E-state index contributed by atoms with van der Waals surface area (Å²) in [5, 5.41) is 3.43. The van der Waals surface area contributed by atoms with Crippen molar-refractivity contribution in [2.75, 3.05) is 24.6 Å². The van der Waals surface area contributed by atoms with Gasteiger partial charge >= 0.3 is 0 Å². The van der Waals surface area contributed by atoms with Crippen molar-refractivity contribution in [1.29, 1.82) is 0 Å². The summed E-state index contributed by atoms with van der Waals surface area (Å²) in [6.45, 7) is 8.82. The Morgan fingerprint density at radius 2 is 2.04 bits per heavy atom. The van der Waals surface area contributed by atoms with Gasteiger partial charge in [0, 0.05) is 12.6 Å². The minimum absolute atomic E-state index is 0.0688. The van der Waals surface area contributed by atoms with Crippen LogP contribution in [0.3, 0.4) is 0 Å². The van der Waals surface area contributed by atoms with Crippen molar-refractivity contribution in [3.63, 3.8) is 0 Å². The average Bonchev–Trinajstić information content (AvgIpc) is 2.59. The Morgan fingerprint density at radius 1 is 1.29 bits per heavy atom. The number of rotatable bonds is 4. The van der Waals surface area contributed by atoms with Crippen LogP contribution in [0.2, 0.25) is 0 Å². The number of piperidine rings is 1. The van der Waals surface area contributed by atoms with Crippen LogP contribution >= 0.6 is 0 Å². The number of nitrogens with zero attached hydrogens (tertiary/aromatic N) is 1. The van der Waals surface area contributed by atoms with Crippen LogP contribution in [-0.2, 0) is 16.0 Å². The Bertz CT molecular complexity index is 579. The van der Waals surface area contributed by atoms with Crippen molar-refractivity contribution in [2.24, 2.45) is 5.92 Å². The highest BCUT2D eigenvalue weighted by atomic mass is 16.5. The summed E-state index contributed by atoms with van der Waals surface area (Å²) in [6, 6.07) is 6.69. The summed E-state index contributed by atoms with van der Waals surface area (Å²) in [5.74, 6) is 1.19. The molecule has 1 amide bonds. The lowest BCUT2D eigenvalue weighted by Gasteiger charge is -2.37. The summed E-state index contributed by atoms with van der Waals surface area (Å²) < 4.78 is 6.02. The number of carbonyl (C=O) groups is 1. The Labute approximate surface area is 145 Å². The van der Waals surface area contributed by atoms with Gasteiger partial charge in [0.05, 0.1) is 6.61 Å². The molecule has 0 radical (unpaired) electrons. The predicted molar refractivity (Wildman–Crippen MR) is 97.3 cm³/mol. The van der Waals surface area contributed by atoms with Gasteiger partial charge in [0.25, 0.3) is 0 Å². The monoisotopic (exact) mass is 330 g/mol. The quantitative estimate of drug-likeness (QED) is 0.919. The number of amides is 1. The molecule has 1 saturated heterocycles. The van der Waals surface area contributed by atoms with Gasteiger partial charge < -0.3 is 10.1 Å². The molecule has 1 atom stereocenters. The molecule has 4 nitrogen and oxygen atoms in total. The van der Waals surface area contributed by atoms with E-state index in [9.17, 15) is 4.79 Å². The average molecular weight is 330 g/mol.